The zero-order chi connectivity index (χ0) is 17.6. The van der Waals surface area contributed by atoms with Crippen LogP contribution in [-0.2, 0) is 6.61 Å². The summed E-state index contributed by atoms with van der Waals surface area (Å²) in [5.74, 6) is 2.17. The molecular weight excluding hydrogens is 312 g/mol. The van der Waals surface area contributed by atoms with Gasteiger partial charge in [-0.05, 0) is 55.3 Å². The highest BCUT2D eigenvalue weighted by Crippen LogP contribution is 2.28. The molecule has 1 aromatic heterocycles. The summed E-state index contributed by atoms with van der Waals surface area (Å²) in [6, 6.07) is 17.6. The second kappa shape index (κ2) is 7.71. The Balaban J connectivity index is 1.72. The van der Waals surface area contributed by atoms with Crippen molar-refractivity contribution in [3.05, 3.63) is 77.5 Å². The Kier molecular flexibility index (Phi) is 5.19. The summed E-state index contributed by atoms with van der Waals surface area (Å²) in [4.78, 5) is 4.17. The molecule has 0 aliphatic heterocycles. The number of nitrogens with one attached hydrogen (secondary N) is 1. The number of aromatic nitrogens is 1. The van der Waals surface area contributed by atoms with Gasteiger partial charge in [-0.15, -0.1) is 0 Å². The summed E-state index contributed by atoms with van der Waals surface area (Å²) in [5.41, 5.74) is 4.48. The fourth-order valence-corrected chi connectivity index (χ4v) is 2.65. The van der Waals surface area contributed by atoms with Crippen LogP contribution in [0.2, 0.25) is 0 Å². The van der Waals surface area contributed by atoms with Gasteiger partial charge in [-0.1, -0.05) is 18.2 Å². The van der Waals surface area contributed by atoms with E-state index in [1.807, 2.05) is 56.4 Å². The average Bonchev–Trinajstić information content (AvgIpc) is 2.62. The first kappa shape index (κ1) is 16.8. The van der Waals surface area contributed by atoms with Gasteiger partial charge in [0, 0.05) is 30.6 Å². The maximum absolute atomic E-state index is 6.04. The number of benzene rings is 2. The predicted molar refractivity (Wildman–Crippen MR) is 101 cm³/mol. The van der Waals surface area contributed by atoms with E-state index in [0.29, 0.717) is 12.5 Å². The molecule has 0 fully saturated rings. The molecule has 25 heavy (non-hydrogen) atoms. The monoisotopic (exact) mass is 334 g/mol. The summed E-state index contributed by atoms with van der Waals surface area (Å²) >= 11 is 0. The quantitative estimate of drug-likeness (QED) is 0.680. The summed E-state index contributed by atoms with van der Waals surface area (Å²) < 4.78 is 11.8. The van der Waals surface area contributed by atoms with Crippen LogP contribution in [0, 0.1) is 13.8 Å². The summed E-state index contributed by atoms with van der Waals surface area (Å²) in [6.07, 6.45) is 1.71. The molecule has 0 spiro atoms. The Hall–Kier alpha value is -3.01. The van der Waals surface area contributed by atoms with E-state index in [9.17, 15) is 0 Å². The first-order valence-electron chi connectivity index (χ1n) is 8.26. The summed E-state index contributed by atoms with van der Waals surface area (Å²) in [6.45, 7) is 4.62. The molecule has 1 heterocycles. The maximum Gasteiger partial charge on any atom is 0.219 e. The maximum atomic E-state index is 6.04. The molecule has 3 rings (SSSR count). The van der Waals surface area contributed by atoms with E-state index in [1.165, 1.54) is 11.1 Å². The number of hydrogen-bond donors (Lipinski definition) is 1. The number of aryl methyl sites for hydroxylation is 2. The van der Waals surface area contributed by atoms with Gasteiger partial charge >= 0.3 is 0 Å². The molecular formula is C21H22N2O2. The molecule has 0 aliphatic carbocycles. The van der Waals surface area contributed by atoms with Crippen molar-refractivity contribution in [3.63, 3.8) is 0 Å². The third-order valence-electron chi connectivity index (χ3n) is 4.06. The Morgan fingerprint density at radius 2 is 1.84 bits per heavy atom. The summed E-state index contributed by atoms with van der Waals surface area (Å²) in [7, 11) is 1.92. The molecule has 0 amide bonds. The Morgan fingerprint density at radius 3 is 2.56 bits per heavy atom. The van der Waals surface area contributed by atoms with Crippen molar-refractivity contribution in [2.45, 2.75) is 20.5 Å². The zero-order valence-electron chi connectivity index (χ0n) is 14.7. The molecule has 0 saturated heterocycles. The standard InChI is InChI=1S/C21H22N2O2/c1-15-7-6-8-19(22-3)18(15)14-24-20-11-10-17(13-16(20)2)25-21-9-4-5-12-23-21/h4-13,22H,14H2,1-3H3. The minimum Gasteiger partial charge on any atom is -0.489 e. The Morgan fingerprint density at radius 1 is 0.960 bits per heavy atom. The lowest BCUT2D eigenvalue weighted by Gasteiger charge is -2.15. The highest BCUT2D eigenvalue weighted by atomic mass is 16.5. The van der Waals surface area contributed by atoms with Gasteiger partial charge in [0.25, 0.3) is 0 Å². The Bertz CT molecular complexity index is 848. The van der Waals surface area contributed by atoms with Gasteiger partial charge in [0.1, 0.15) is 18.1 Å². The van der Waals surface area contributed by atoms with E-state index in [0.717, 1.165) is 22.7 Å². The topological polar surface area (TPSA) is 43.4 Å². The number of hydrogen-bond acceptors (Lipinski definition) is 4. The third-order valence-corrected chi connectivity index (χ3v) is 4.06. The number of pyridine rings is 1. The SMILES string of the molecule is CNc1cccc(C)c1COc1ccc(Oc2ccccn2)cc1C. The average molecular weight is 334 g/mol. The van der Waals surface area contributed by atoms with E-state index in [1.54, 1.807) is 6.20 Å². The van der Waals surface area contributed by atoms with Crippen molar-refractivity contribution in [2.75, 3.05) is 12.4 Å². The highest BCUT2D eigenvalue weighted by molar-refractivity contribution is 5.54. The van der Waals surface area contributed by atoms with Crippen LogP contribution >= 0.6 is 0 Å². The van der Waals surface area contributed by atoms with Crippen LogP contribution in [0.25, 0.3) is 0 Å². The van der Waals surface area contributed by atoms with Crippen molar-refractivity contribution < 1.29 is 9.47 Å². The van der Waals surface area contributed by atoms with E-state index in [-0.39, 0.29) is 0 Å². The predicted octanol–water partition coefficient (Wildman–Crippen LogP) is 5.11. The van der Waals surface area contributed by atoms with Crippen LogP contribution in [0.5, 0.6) is 17.4 Å². The Labute approximate surface area is 148 Å². The fourth-order valence-electron chi connectivity index (χ4n) is 2.65. The van der Waals surface area contributed by atoms with E-state index in [2.05, 4.69) is 29.4 Å². The minimum atomic E-state index is 0.518. The van der Waals surface area contributed by atoms with Gasteiger partial charge in [-0.25, -0.2) is 4.98 Å². The molecule has 3 aromatic rings. The first-order chi connectivity index (χ1) is 12.2. The van der Waals surface area contributed by atoms with Crippen LogP contribution in [-0.4, -0.2) is 12.0 Å². The van der Waals surface area contributed by atoms with Crippen LogP contribution in [0.15, 0.2) is 60.8 Å². The molecule has 128 valence electrons. The van der Waals surface area contributed by atoms with Crippen molar-refractivity contribution >= 4 is 5.69 Å². The van der Waals surface area contributed by atoms with Crippen LogP contribution in [0.3, 0.4) is 0 Å². The van der Waals surface area contributed by atoms with Gasteiger partial charge in [0.2, 0.25) is 5.88 Å². The molecule has 0 bridgehead atoms. The van der Waals surface area contributed by atoms with E-state index in [4.69, 9.17) is 9.47 Å². The molecule has 0 unspecified atom stereocenters. The lowest BCUT2D eigenvalue weighted by Crippen LogP contribution is -2.03. The van der Waals surface area contributed by atoms with E-state index < -0.39 is 0 Å². The fraction of sp³-hybridized carbons (Fsp3) is 0.190. The smallest absolute Gasteiger partial charge is 0.219 e. The lowest BCUT2D eigenvalue weighted by molar-refractivity contribution is 0.303. The van der Waals surface area contributed by atoms with E-state index >= 15 is 0 Å². The summed E-state index contributed by atoms with van der Waals surface area (Å²) in [5, 5.41) is 3.22. The number of anilines is 1. The normalized spacial score (nSPS) is 10.4. The molecule has 0 atom stereocenters. The highest BCUT2D eigenvalue weighted by Gasteiger charge is 2.08. The van der Waals surface area contributed by atoms with Crippen LogP contribution < -0.4 is 14.8 Å². The van der Waals surface area contributed by atoms with Crippen molar-refractivity contribution in [2.24, 2.45) is 0 Å². The second-order valence-electron chi connectivity index (χ2n) is 5.84. The third kappa shape index (κ3) is 4.10. The second-order valence-corrected chi connectivity index (χ2v) is 5.84. The first-order valence-corrected chi connectivity index (χ1v) is 8.26. The van der Waals surface area contributed by atoms with Gasteiger partial charge in [-0.2, -0.15) is 0 Å². The zero-order valence-corrected chi connectivity index (χ0v) is 14.7. The molecule has 0 aliphatic rings. The number of nitrogens with zero attached hydrogens (tertiary/aromatic N) is 1. The molecule has 1 N–H and O–H groups in total. The lowest BCUT2D eigenvalue weighted by atomic mass is 10.1. The largest absolute Gasteiger partial charge is 0.489 e. The molecule has 0 saturated carbocycles. The van der Waals surface area contributed by atoms with Gasteiger partial charge in [-0.3, -0.25) is 0 Å². The number of rotatable bonds is 6. The van der Waals surface area contributed by atoms with Gasteiger partial charge in [0.15, 0.2) is 0 Å². The van der Waals surface area contributed by atoms with Crippen molar-refractivity contribution in [1.82, 2.24) is 4.98 Å². The van der Waals surface area contributed by atoms with Crippen LogP contribution in [0.4, 0.5) is 5.69 Å². The van der Waals surface area contributed by atoms with Gasteiger partial charge in [0.05, 0.1) is 0 Å². The van der Waals surface area contributed by atoms with Crippen molar-refractivity contribution in [1.29, 1.82) is 0 Å². The molecule has 4 nitrogen and oxygen atoms in total. The van der Waals surface area contributed by atoms with Crippen LogP contribution in [0.1, 0.15) is 16.7 Å². The molecule has 0 radical (unpaired) electrons. The van der Waals surface area contributed by atoms with Gasteiger partial charge < -0.3 is 14.8 Å². The minimum absolute atomic E-state index is 0.518. The molecule has 2 aromatic carbocycles. The molecule has 4 heteroatoms. The number of ether oxygens (including phenoxy) is 2. The van der Waals surface area contributed by atoms with Crippen molar-refractivity contribution in [3.8, 4) is 17.4 Å².